The van der Waals surface area contributed by atoms with Gasteiger partial charge >= 0.3 is 5.97 Å². The number of methoxy groups -OCH3 is 1. The Hall–Kier alpha value is -2.51. The quantitative estimate of drug-likeness (QED) is 0.475. The summed E-state index contributed by atoms with van der Waals surface area (Å²) in [7, 11) is 1.54. The van der Waals surface area contributed by atoms with E-state index in [2.05, 4.69) is 4.98 Å². The molecule has 1 fully saturated rings. The molecule has 6 nitrogen and oxygen atoms in total. The summed E-state index contributed by atoms with van der Waals surface area (Å²) >= 11 is 7.31. The summed E-state index contributed by atoms with van der Waals surface area (Å²) < 4.78 is 12.2. The van der Waals surface area contributed by atoms with Gasteiger partial charge in [0.15, 0.2) is 5.16 Å². The normalized spacial score (nSPS) is 19.0. The Morgan fingerprint density at radius 3 is 2.75 bits per heavy atom. The SMILES string of the molecule is COc1ccccc1-n1c(S[C@@H]2C[C@@H](C)OC2=O)nc2cc(Cl)ccc2c1=O. The minimum Gasteiger partial charge on any atom is -0.495 e. The molecule has 0 saturated carbocycles. The number of fused-ring (bicyclic) bond motifs is 1. The number of carbonyl (C=O) groups excluding carboxylic acids is 1. The Morgan fingerprint density at radius 1 is 1.25 bits per heavy atom. The predicted octanol–water partition coefficient (Wildman–Crippen LogP) is 3.84. The molecule has 2 atom stereocenters. The zero-order chi connectivity index (χ0) is 19.8. The predicted molar refractivity (Wildman–Crippen MR) is 109 cm³/mol. The average molecular weight is 417 g/mol. The standard InChI is InChI=1S/C20H17ClN2O4S/c1-11-9-17(19(25)27-11)28-20-22-14-10-12(21)7-8-13(14)18(24)23(20)15-5-3-4-6-16(15)26-2/h3-8,10-11,17H,9H2,1-2H3/t11-,17-/m1/s1. The second-order valence-corrected chi connectivity index (χ2v) is 8.06. The van der Waals surface area contributed by atoms with Gasteiger partial charge in [-0.1, -0.05) is 35.5 Å². The van der Waals surface area contributed by atoms with Gasteiger partial charge in [0, 0.05) is 11.4 Å². The monoisotopic (exact) mass is 416 g/mol. The van der Waals surface area contributed by atoms with E-state index in [0.717, 1.165) is 0 Å². The molecule has 8 heteroatoms. The molecule has 1 aromatic heterocycles. The zero-order valence-corrected chi connectivity index (χ0v) is 16.8. The van der Waals surface area contributed by atoms with E-state index in [1.807, 2.05) is 19.1 Å². The molecule has 0 amide bonds. The van der Waals surface area contributed by atoms with E-state index >= 15 is 0 Å². The number of cyclic esters (lactones) is 1. The topological polar surface area (TPSA) is 70.4 Å². The average Bonchev–Trinajstić information content (AvgIpc) is 2.98. The zero-order valence-electron chi connectivity index (χ0n) is 15.2. The third-order valence-electron chi connectivity index (χ3n) is 4.50. The van der Waals surface area contributed by atoms with Crippen LogP contribution in [-0.4, -0.2) is 34.0 Å². The van der Waals surface area contributed by atoms with Crippen molar-refractivity contribution in [3.05, 3.63) is 57.8 Å². The Balaban J connectivity index is 1.95. The van der Waals surface area contributed by atoms with Crippen molar-refractivity contribution in [3.8, 4) is 11.4 Å². The molecule has 28 heavy (non-hydrogen) atoms. The van der Waals surface area contributed by atoms with E-state index in [0.29, 0.717) is 38.9 Å². The van der Waals surface area contributed by atoms with Crippen LogP contribution in [0.2, 0.25) is 5.02 Å². The lowest BCUT2D eigenvalue weighted by atomic mass is 10.2. The highest BCUT2D eigenvalue weighted by Gasteiger charge is 2.34. The first-order valence-electron chi connectivity index (χ1n) is 8.71. The Labute approximate surface area is 170 Å². The van der Waals surface area contributed by atoms with Gasteiger partial charge < -0.3 is 9.47 Å². The number of esters is 1. The highest BCUT2D eigenvalue weighted by molar-refractivity contribution is 8.00. The second-order valence-electron chi connectivity index (χ2n) is 6.46. The summed E-state index contributed by atoms with van der Waals surface area (Å²) in [4.78, 5) is 30.2. The first-order valence-corrected chi connectivity index (χ1v) is 9.96. The van der Waals surface area contributed by atoms with E-state index < -0.39 is 5.25 Å². The van der Waals surface area contributed by atoms with Crippen LogP contribution in [0.1, 0.15) is 13.3 Å². The number of aromatic nitrogens is 2. The molecular weight excluding hydrogens is 400 g/mol. The lowest BCUT2D eigenvalue weighted by molar-refractivity contribution is -0.140. The molecule has 0 bridgehead atoms. The number of rotatable bonds is 4. The van der Waals surface area contributed by atoms with Crippen molar-refractivity contribution in [1.29, 1.82) is 0 Å². The summed E-state index contributed by atoms with van der Waals surface area (Å²) in [6.07, 6.45) is 0.394. The van der Waals surface area contributed by atoms with Crippen LogP contribution in [0.3, 0.4) is 0 Å². The van der Waals surface area contributed by atoms with E-state index in [-0.39, 0.29) is 17.6 Å². The van der Waals surface area contributed by atoms with Crippen molar-refractivity contribution in [2.24, 2.45) is 0 Å². The van der Waals surface area contributed by atoms with Crippen molar-refractivity contribution in [3.63, 3.8) is 0 Å². The van der Waals surface area contributed by atoms with Crippen LogP contribution in [0.5, 0.6) is 5.75 Å². The highest BCUT2D eigenvalue weighted by Crippen LogP contribution is 2.34. The van der Waals surface area contributed by atoms with E-state index in [4.69, 9.17) is 21.1 Å². The number of benzene rings is 2. The molecule has 144 valence electrons. The Morgan fingerprint density at radius 2 is 2.04 bits per heavy atom. The molecule has 1 aliphatic heterocycles. The number of carbonyl (C=O) groups is 1. The van der Waals surface area contributed by atoms with Gasteiger partial charge in [-0.25, -0.2) is 4.98 Å². The minimum atomic E-state index is -0.431. The van der Waals surface area contributed by atoms with Gasteiger partial charge in [-0.05, 0) is 37.3 Å². The highest BCUT2D eigenvalue weighted by atomic mass is 35.5. The number of para-hydroxylation sites is 2. The number of thioether (sulfide) groups is 1. The molecule has 1 saturated heterocycles. The summed E-state index contributed by atoms with van der Waals surface area (Å²) in [5.74, 6) is 0.230. The fourth-order valence-electron chi connectivity index (χ4n) is 3.19. The van der Waals surface area contributed by atoms with Gasteiger partial charge in [0.2, 0.25) is 0 Å². The molecule has 0 radical (unpaired) electrons. The van der Waals surface area contributed by atoms with E-state index in [1.54, 1.807) is 37.4 Å². The largest absolute Gasteiger partial charge is 0.495 e. The van der Waals surface area contributed by atoms with Gasteiger partial charge in [0.05, 0.1) is 23.7 Å². The maximum atomic E-state index is 13.3. The van der Waals surface area contributed by atoms with Gasteiger partial charge in [-0.3, -0.25) is 14.2 Å². The fourth-order valence-corrected chi connectivity index (χ4v) is 4.57. The molecule has 0 spiro atoms. The summed E-state index contributed by atoms with van der Waals surface area (Å²) in [5.41, 5.74) is 0.778. The van der Waals surface area contributed by atoms with Crippen molar-refractivity contribution >= 4 is 40.2 Å². The van der Waals surface area contributed by atoms with Gasteiger partial charge in [0.1, 0.15) is 17.1 Å². The molecule has 3 aromatic rings. The van der Waals surface area contributed by atoms with Crippen molar-refractivity contribution in [2.45, 2.75) is 29.9 Å². The van der Waals surface area contributed by atoms with Crippen molar-refractivity contribution in [1.82, 2.24) is 9.55 Å². The van der Waals surface area contributed by atoms with Crippen LogP contribution in [-0.2, 0) is 9.53 Å². The minimum absolute atomic E-state index is 0.161. The van der Waals surface area contributed by atoms with E-state index in [1.165, 1.54) is 16.3 Å². The fraction of sp³-hybridized carbons (Fsp3) is 0.250. The lowest BCUT2D eigenvalue weighted by Gasteiger charge is -2.16. The number of halogens is 1. The molecular formula is C20H17ClN2O4S. The first kappa shape index (κ1) is 18.8. The maximum Gasteiger partial charge on any atom is 0.319 e. The summed E-state index contributed by atoms with van der Waals surface area (Å²) in [6, 6.07) is 12.1. The van der Waals surface area contributed by atoms with Crippen LogP contribution >= 0.6 is 23.4 Å². The molecule has 1 aliphatic rings. The summed E-state index contributed by atoms with van der Waals surface area (Å²) in [5, 5.41) is 0.876. The van der Waals surface area contributed by atoms with Crippen molar-refractivity contribution in [2.75, 3.05) is 7.11 Å². The lowest BCUT2D eigenvalue weighted by Crippen LogP contribution is -2.24. The van der Waals surface area contributed by atoms with Gasteiger partial charge in [-0.15, -0.1) is 0 Å². The number of ether oxygens (including phenoxy) is 2. The van der Waals surface area contributed by atoms with Crippen LogP contribution in [0.4, 0.5) is 0 Å². The van der Waals surface area contributed by atoms with Crippen LogP contribution in [0.15, 0.2) is 52.4 Å². The Kier molecular flexibility index (Phi) is 5.03. The second kappa shape index (κ2) is 7.48. The number of hydrogen-bond acceptors (Lipinski definition) is 6. The van der Waals surface area contributed by atoms with Crippen LogP contribution in [0, 0.1) is 0 Å². The van der Waals surface area contributed by atoms with Crippen LogP contribution < -0.4 is 10.3 Å². The molecule has 0 aliphatic carbocycles. The summed E-state index contributed by atoms with van der Waals surface area (Å²) in [6.45, 7) is 1.85. The van der Waals surface area contributed by atoms with Crippen molar-refractivity contribution < 1.29 is 14.3 Å². The number of hydrogen-bond donors (Lipinski definition) is 0. The number of nitrogens with zero attached hydrogens (tertiary/aromatic N) is 2. The Bertz CT molecular complexity index is 1130. The molecule has 2 heterocycles. The maximum absolute atomic E-state index is 13.3. The first-order chi connectivity index (χ1) is 13.5. The third kappa shape index (κ3) is 3.36. The van der Waals surface area contributed by atoms with Crippen LogP contribution in [0.25, 0.3) is 16.6 Å². The third-order valence-corrected chi connectivity index (χ3v) is 5.89. The van der Waals surface area contributed by atoms with Gasteiger partial charge in [-0.2, -0.15) is 0 Å². The molecule has 0 unspecified atom stereocenters. The smallest absolute Gasteiger partial charge is 0.319 e. The van der Waals surface area contributed by atoms with Gasteiger partial charge in [0.25, 0.3) is 5.56 Å². The van der Waals surface area contributed by atoms with E-state index in [9.17, 15) is 9.59 Å². The molecule has 2 aromatic carbocycles. The molecule has 0 N–H and O–H groups in total. The molecule has 4 rings (SSSR count).